The van der Waals surface area contributed by atoms with Crippen molar-refractivity contribution in [2.24, 2.45) is 0 Å². The minimum absolute atomic E-state index is 0.182. The van der Waals surface area contributed by atoms with Gasteiger partial charge >= 0.3 is 5.97 Å². The molecule has 0 aromatic heterocycles. The van der Waals surface area contributed by atoms with Crippen LogP contribution in [0.1, 0.15) is 22.8 Å². The van der Waals surface area contributed by atoms with Gasteiger partial charge in [-0.2, -0.15) is 0 Å². The quantitative estimate of drug-likeness (QED) is 0.653. The van der Waals surface area contributed by atoms with E-state index in [0.717, 1.165) is 4.47 Å². The van der Waals surface area contributed by atoms with Gasteiger partial charge in [-0.25, -0.2) is 4.39 Å². The highest BCUT2D eigenvalue weighted by Crippen LogP contribution is 2.10. The first-order valence-electron chi connectivity index (χ1n) is 8.10. The van der Waals surface area contributed by atoms with Crippen LogP contribution >= 0.6 is 15.9 Å². The maximum absolute atomic E-state index is 12.8. The van der Waals surface area contributed by atoms with Gasteiger partial charge in [-0.1, -0.05) is 28.1 Å². The number of nitrogens with one attached hydrogen (secondary N) is 2. The fourth-order valence-electron chi connectivity index (χ4n) is 2.08. The van der Waals surface area contributed by atoms with Crippen molar-refractivity contribution in [2.45, 2.75) is 19.6 Å². The number of rotatable bonds is 7. The number of carbonyl (C=O) groups is 3. The molecule has 1 unspecified atom stereocenters. The Balaban J connectivity index is 1.73. The van der Waals surface area contributed by atoms with Crippen molar-refractivity contribution in [3.8, 4) is 0 Å². The minimum Gasteiger partial charge on any atom is -0.451 e. The molecule has 0 heterocycles. The second-order valence-corrected chi connectivity index (χ2v) is 6.58. The number of benzene rings is 2. The molecule has 2 N–H and O–H groups in total. The average Bonchev–Trinajstić information content (AvgIpc) is 2.66. The van der Waals surface area contributed by atoms with Gasteiger partial charge in [0.15, 0.2) is 6.10 Å². The van der Waals surface area contributed by atoms with Gasteiger partial charge in [0.2, 0.25) is 0 Å². The molecule has 6 nitrogen and oxygen atoms in total. The Morgan fingerprint density at radius 3 is 2.30 bits per heavy atom. The molecule has 27 heavy (non-hydrogen) atoms. The van der Waals surface area contributed by atoms with E-state index < -0.39 is 23.9 Å². The number of amides is 2. The number of hydrogen-bond acceptors (Lipinski definition) is 4. The molecule has 0 bridgehead atoms. The van der Waals surface area contributed by atoms with Crippen LogP contribution in [0.15, 0.2) is 53.0 Å². The summed E-state index contributed by atoms with van der Waals surface area (Å²) in [6.07, 6.45) is -1.03. The number of hydrogen-bond donors (Lipinski definition) is 2. The lowest BCUT2D eigenvalue weighted by molar-refractivity contribution is -0.153. The van der Waals surface area contributed by atoms with E-state index in [4.69, 9.17) is 4.74 Å². The Hall–Kier alpha value is -2.74. The zero-order valence-electron chi connectivity index (χ0n) is 14.5. The highest BCUT2D eigenvalue weighted by molar-refractivity contribution is 9.10. The number of esters is 1. The van der Waals surface area contributed by atoms with E-state index in [9.17, 15) is 18.8 Å². The summed E-state index contributed by atoms with van der Waals surface area (Å²) in [7, 11) is 0. The summed E-state index contributed by atoms with van der Waals surface area (Å²) >= 11 is 3.27. The molecule has 0 spiro atoms. The molecule has 2 amide bonds. The third-order valence-electron chi connectivity index (χ3n) is 3.56. The van der Waals surface area contributed by atoms with E-state index in [1.54, 1.807) is 36.4 Å². The van der Waals surface area contributed by atoms with Crippen LogP contribution in [0.25, 0.3) is 0 Å². The van der Waals surface area contributed by atoms with Crippen LogP contribution in [0.3, 0.4) is 0 Å². The topological polar surface area (TPSA) is 84.5 Å². The van der Waals surface area contributed by atoms with Crippen molar-refractivity contribution in [3.63, 3.8) is 0 Å². The van der Waals surface area contributed by atoms with E-state index in [1.807, 2.05) is 0 Å². The van der Waals surface area contributed by atoms with Gasteiger partial charge in [0, 0.05) is 16.6 Å². The van der Waals surface area contributed by atoms with Gasteiger partial charge < -0.3 is 15.4 Å². The molecule has 8 heteroatoms. The lowest BCUT2D eigenvalue weighted by Gasteiger charge is -2.14. The average molecular weight is 437 g/mol. The van der Waals surface area contributed by atoms with Gasteiger partial charge in [-0.05, 0) is 48.9 Å². The molecular formula is C19H18BrFN2O4. The first-order valence-corrected chi connectivity index (χ1v) is 8.90. The van der Waals surface area contributed by atoms with Gasteiger partial charge in [0.25, 0.3) is 11.8 Å². The predicted molar refractivity (Wildman–Crippen MR) is 100 cm³/mol. The Bertz CT molecular complexity index is 809. The van der Waals surface area contributed by atoms with Crippen LogP contribution in [0, 0.1) is 5.82 Å². The van der Waals surface area contributed by atoms with E-state index in [2.05, 4.69) is 26.6 Å². The van der Waals surface area contributed by atoms with E-state index >= 15 is 0 Å². The second kappa shape index (κ2) is 9.82. The van der Waals surface area contributed by atoms with Gasteiger partial charge in [-0.15, -0.1) is 0 Å². The van der Waals surface area contributed by atoms with Crippen LogP contribution in [0.2, 0.25) is 0 Å². The van der Waals surface area contributed by atoms with E-state index in [0.29, 0.717) is 11.1 Å². The molecule has 0 saturated carbocycles. The van der Waals surface area contributed by atoms with E-state index in [-0.39, 0.29) is 18.9 Å². The SMILES string of the molecule is CC(OC(=O)CNC(=O)c1ccc(Br)cc1)C(=O)NCc1ccc(F)cc1. The Morgan fingerprint density at radius 2 is 1.67 bits per heavy atom. The molecule has 142 valence electrons. The Labute approximate surface area is 164 Å². The molecular weight excluding hydrogens is 419 g/mol. The summed E-state index contributed by atoms with van der Waals surface area (Å²) in [5.74, 6) is -2.01. The largest absolute Gasteiger partial charge is 0.451 e. The van der Waals surface area contributed by atoms with Crippen LogP contribution in [-0.2, 0) is 20.9 Å². The van der Waals surface area contributed by atoms with Crippen LogP contribution in [0.4, 0.5) is 4.39 Å². The van der Waals surface area contributed by atoms with Crippen LogP contribution in [0.5, 0.6) is 0 Å². The second-order valence-electron chi connectivity index (χ2n) is 5.67. The monoisotopic (exact) mass is 436 g/mol. The fourth-order valence-corrected chi connectivity index (χ4v) is 2.35. The zero-order chi connectivity index (χ0) is 19.8. The van der Waals surface area contributed by atoms with Crippen LogP contribution < -0.4 is 10.6 Å². The third-order valence-corrected chi connectivity index (χ3v) is 4.09. The molecule has 0 saturated heterocycles. The molecule has 2 aromatic rings. The summed E-state index contributed by atoms with van der Waals surface area (Å²) in [4.78, 5) is 35.7. The molecule has 0 aliphatic heterocycles. The Morgan fingerprint density at radius 1 is 1.04 bits per heavy atom. The molecule has 0 aliphatic rings. The number of carbonyl (C=O) groups excluding carboxylic acids is 3. The van der Waals surface area contributed by atoms with Crippen molar-refractivity contribution >= 4 is 33.7 Å². The van der Waals surface area contributed by atoms with Gasteiger partial charge in [0.1, 0.15) is 12.4 Å². The normalized spacial score (nSPS) is 11.4. The fraction of sp³-hybridized carbons (Fsp3) is 0.211. The number of halogens is 2. The molecule has 0 fully saturated rings. The molecule has 2 rings (SSSR count). The van der Waals surface area contributed by atoms with Crippen molar-refractivity contribution in [1.82, 2.24) is 10.6 Å². The smallest absolute Gasteiger partial charge is 0.326 e. The first-order chi connectivity index (χ1) is 12.8. The summed E-state index contributed by atoms with van der Waals surface area (Å²) in [5, 5.41) is 5.02. The summed E-state index contributed by atoms with van der Waals surface area (Å²) in [6, 6.07) is 12.3. The highest BCUT2D eigenvalue weighted by Gasteiger charge is 2.18. The molecule has 0 radical (unpaired) electrons. The lowest BCUT2D eigenvalue weighted by Crippen LogP contribution is -2.38. The standard InChI is InChI=1S/C19H18BrFN2O4/c1-12(18(25)22-10-13-2-8-16(21)9-3-13)27-17(24)11-23-19(26)14-4-6-15(20)7-5-14/h2-9,12H,10-11H2,1H3,(H,22,25)(H,23,26). The van der Waals surface area contributed by atoms with Crippen molar-refractivity contribution in [1.29, 1.82) is 0 Å². The molecule has 1 atom stereocenters. The van der Waals surface area contributed by atoms with Crippen LogP contribution in [-0.4, -0.2) is 30.4 Å². The summed E-state index contributed by atoms with van der Waals surface area (Å²) < 4.78 is 18.7. The Kier molecular flexibility index (Phi) is 7.48. The molecule has 0 aliphatic carbocycles. The first kappa shape index (κ1) is 20.6. The summed E-state index contributed by atoms with van der Waals surface area (Å²) in [6.45, 7) is 1.25. The maximum atomic E-state index is 12.8. The lowest BCUT2D eigenvalue weighted by atomic mass is 10.2. The minimum atomic E-state index is -1.03. The zero-order valence-corrected chi connectivity index (χ0v) is 16.1. The highest BCUT2D eigenvalue weighted by atomic mass is 79.9. The van der Waals surface area contributed by atoms with Crippen molar-refractivity contribution < 1.29 is 23.5 Å². The van der Waals surface area contributed by atoms with Gasteiger partial charge in [-0.3, -0.25) is 14.4 Å². The van der Waals surface area contributed by atoms with E-state index in [1.165, 1.54) is 19.1 Å². The predicted octanol–water partition coefficient (Wildman–Crippen LogP) is 2.57. The number of ether oxygens (including phenoxy) is 1. The third kappa shape index (κ3) is 6.82. The molecule has 2 aromatic carbocycles. The van der Waals surface area contributed by atoms with Gasteiger partial charge in [0.05, 0.1) is 0 Å². The maximum Gasteiger partial charge on any atom is 0.326 e. The van der Waals surface area contributed by atoms with Crippen molar-refractivity contribution in [2.75, 3.05) is 6.54 Å². The van der Waals surface area contributed by atoms with Crippen molar-refractivity contribution in [3.05, 3.63) is 69.9 Å². The summed E-state index contributed by atoms with van der Waals surface area (Å²) in [5.41, 5.74) is 1.11.